The van der Waals surface area contributed by atoms with Gasteiger partial charge in [-0.25, -0.2) is 0 Å². The van der Waals surface area contributed by atoms with Crippen LogP contribution in [0.15, 0.2) is 24.3 Å². The Bertz CT molecular complexity index is 234. The predicted molar refractivity (Wildman–Crippen MR) is 44.5 cm³/mol. The first kappa shape index (κ1) is 6.86. The van der Waals surface area contributed by atoms with Crippen LogP contribution in [0.3, 0.4) is 0 Å². The molecule has 1 saturated heterocycles. The van der Waals surface area contributed by atoms with Crippen LogP contribution in [0.1, 0.15) is 24.2 Å². The molecule has 1 aromatic rings. The smallest absolute Gasteiger partial charge is 0.106 e. The molecule has 0 amide bonds. The normalized spacial score (nSPS) is 21.7. The second-order valence-corrected chi connectivity index (χ2v) is 2.92. The van der Waals surface area contributed by atoms with Crippen molar-refractivity contribution in [3.8, 4) is 0 Å². The van der Waals surface area contributed by atoms with Gasteiger partial charge in [-0.1, -0.05) is 31.2 Å². The van der Waals surface area contributed by atoms with Crippen LogP contribution in [0.2, 0.25) is 0 Å². The third-order valence-electron chi connectivity index (χ3n) is 2.09. The molecule has 0 N–H and O–H groups in total. The molecule has 1 fully saturated rings. The molecule has 1 atom stereocenters. The standard InChI is InChI=1S/C10H12O/c1-2-8-3-5-9(6-4-8)10-7-11-10/h3-6,10H,2,7H2,1H3. The molecule has 1 aliphatic heterocycles. The van der Waals surface area contributed by atoms with E-state index in [2.05, 4.69) is 31.2 Å². The molecule has 0 bridgehead atoms. The zero-order valence-corrected chi connectivity index (χ0v) is 6.71. The SMILES string of the molecule is CCc1ccc(C2CO2)cc1. The lowest BCUT2D eigenvalue weighted by molar-refractivity contribution is 0.415. The molecule has 2 rings (SSSR count). The minimum Gasteiger partial charge on any atom is -0.368 e. The van der Waals surface area contributed by atoms with Crippen LogP contribution in [-0.4, -0.2) is 6.61 Å². The molecular formula is C10H12O. The predicted octanol–water partition coefficient (Wildman–Crippen LogP) is 2.32. The van der Waals surface area contributed by atoms with E-state index in [0.29, 0.717) is 6.10 Å². The van der Waals surface area contributed by atoms with Gasteiger partial charge >= 0.3 is 0 Å². The summed E-state index contributed by atoms with van der Waals surface area (Å²) in [6.45, 7) is 3.08. The number of aryl methyl sites for hydroxylation is 1. The third kappa shape index (κ3) is 1.43. The lowest BCUT2D eigenvalue weighted by atomic mass is 10.1. The summed E-state index contributed by atoms with van der Waals surface area (Å²) in [5.41, 5.74) is 2.72. The first-order valence-corrected chi connectivity index (χ1v) is 4.10. The molecule has 11 heavy (non-hydrogen) atoms. The lowest BCUT2D eigenvalue weighted by Crippen LogP contribution is -1.82. The van der Waals surface area contributed by atoms with Crippen molar-refractivity contribution >= 4 is 0 Å². The van der Waals surface area contributed by atoms with E-state index in [-0.39, 0.29) is 0 Å². The van der Waals surface area contributed by atoms with Gasteiger partial charge in [0.15, 0.2) is 0 Å². The Morgan fingerprint density at radius 2 is 2.00 bits per heavy atom. The van der Waals surface area contributed by atoms with Crippen LogP contribution in [0.5, 0.6) is 0 Å². The highest BCUT2D eigenvalue weighted by atomic mass is 16.6. The molecule has 1 nitrogen and oxygen atoms in total. The van der Waals surface area contributed by atoms with Crippen LogP contribution in [0, 0.1) is 0 Å². The maximum absolute atomic E-state index is 5.17. The fraction of sp³-hybridized carbons (Fsp3) is 0.400. The van der Waals surface area contributed by atoms with Crippen LogP contribution in [0.4, 0.5) is 0 Å². The number of benzene rings is 1. The van der Waals surface area contributed by atoms with Crippen molar-refractivity contribution in [1.82, 2.24) is 0 Å². The molecule has 1 heteroatoms. The van der Waals surface area contributed by atoms with Crippen molar-refractivity contribution < 1.29 is 4.74 Å². The summed E-state index contributed by atoms with van der Waals surface area (Å²) >= 11 is 0. The first-order valence-electron chi connectivity index (χ1n) is 4.10. The van der Waals surface area contributed by atoms with Crippen molar-refractivity contribution in [3.63, 3.8) is 0 Å². The zero-order chi connectivity index (χ0) is 7.68. The number of hydrogen-bond donors (Lipinski definition) is 0. The second-order valence-electron chi connectivity index (χ2n) is 2.92. The largest absolute Gasteiger partial charge is 0.368 e. The maximum Gasteiger partial charge on any atom is 0.106 e. The average Bonchev–Trinajstić information content (AvgIpc) is 2.87. The number of rotatable bonds is 2. The molecule has 1 unspecified atom stereocenters. The summed E-state index contributed by atoms with van der Waals surface area (Å²) in [6.07, 6.45) is 1.52. The van der Waals surface area contributed by atoms with Gasteiger partial charge in [0.1, 0.15) is 6.10 Å². The Labute approximate surface area is 67.0 Å². The topological polar surface area (TPSA) is 12.5 Å². The summed E-state index contributed by atoms with van der Waals surface area (Å²) in [4.78, 5) is 0. The molecule has 0 spiro atoms. The Balaban J connectivity index is 2.19. The van der Waals surface area contributed by atoms with Gasteiger partial charge in [0, 0.05) is 0 Å². The van der Waals surface area contributed by atoms with Crippen molar-refractivity contribution in [3.05, 3.63) is 35.4 Å². The third-order valence-corrected chi connectivity index (χ3v) is 2.09. The van der Waals surface area contributed by atoms with Crippen LogP contribution >= 0.6 is 0 Å². The van der Waals surface area contributed by atoms with E-state index in [0.717, 1.165) is 13.0 Å². The summed E-state index contributed by atoms with van der Waals surface area (Å²) in [5.74, 6) is 0. The van der Waals surface area contributed by atoms with E-state index in [1.165, 1.54) is 11.1 Å². The summed E-state index contributed by atoms with van der Waals surface area (Å²) in [7, 11) is 0. The Morgan fingerprint density at radius 1 is 1.36 bits per heavy atom. The lowest BCUT2D eigenvalue weighted by Gasteiger charge is -1.97. The van der Waals surface area contributed by atoms with E-state index in [1.807, 2.05) is 0 Å². The molecule has 58 valence electrons. The highest BCUT2D eigenvalue weighted by Gasteiger charge is 2.23. The number of ether oxygens (including phenoxy) is 1. The molecule has 0 saturated carbocycles. The minimum absolute atomic E-state index is 0.404. The molecule has 0 radical (unpaired) electrons. The number of epoxide rings is 1. The second kappa shape index (κ2) is 2.67. The van der Waals surface area contributed by atoms with Crippen LogP contribution < -0.4 is 0 Å². The van der Waals surface area contributed by atoms with Gasteiger partial charge in [-0.3, -0.25) is 0 Å². The quantitative estimate of drug-likeness (QED) is 0.586. The van der Waals surface area contributed by atoms with E-state index in [9.17, 15) is 0 Å². The maximum atomic E-state index is 5.17. The van der Waals surface area contributed by atoms with Crippen molar-refractivity contribution in [2.45, 2.75) is 19.4 Å². The molecule has 1 aliphatic rings. The zero-order valence-electron chi connectivity index (χ0n) is 6.71. The van der Waals surface area contributed by atoms with E-state index in [4.69, 9.17) is 4.74 Å². The van der Waals surface area contributed by atoms with Gasteiger partial charge in [0.2, 0.25) is 0 Å². The van der Waals surface area contributed by atoms with Gasteiger partial charge in [-0.2, -0.15) is 0 Å². The summed E-state index contributed by atoms with van der Waals surface area (Å²) in [5, 5.41) is 0. The molecule has 0 aliphatic carbocycles. The first-order chi connectivity index (χ1) is 5.40. The van der Waals surface area contributed by atoms with Crippen LogP contribution in [-0.2, 0) is 11.2 Å². The van der Waals surface area contributed by atoms with Gasteiger partial charge in [0.25, 0.3) is 0 Å². The van der Waals surface area contributed by atoms with Crippen molar-refractivity contribution in [2.75, 3.05) is 6.61 Å². The highest BCUT2D eigenvalue weighted by molar-refractivity contribution is 5.25. The molecular weight excluding hydrogens is 136 g/mol. The van der Waals surface area contributed by atoms with Crippen LogP contribution in [0.25, 0.3) is 0 Å². The van der Waals surface area contributed by atoms with E-state index < -0.39 is 0 Å². The monoisotopic (exact) mass is 148 g/mol. The summed E-state index contributed by atoms with van der Waals surface area (Å²) in [6, 6.07) is 8.68. The average molecular weight is 148 g/mol. The molecule has 0 aromatic heterocycles. The fourth-order valence-electron chi connectivity index (χ4n) is 1.21. The molecule has 1 heterocycles. The van der Waals surface area contributed by atoms with Gasteiger partial charge in [-0.05, 0) is 17.5 Å². The minimum atomic E-state index is 0.404. The van der Waals surface area contributed by atoms with Gasteiger partial charge < -0.3 is 4.74 Å². The fourth-order valence-corrected chi connectivity index (χ4v) is 1.21. The molecule has 1 aromatic carbocycles. The Morgan fingerprint density at radius 3 is 2.45 bits per heavy atom. The van der Waals surface area contributed by atoms with Gasteiger partial charge in [-0.15, -0.1) is 0 Å². The van der Waals surface area contributed by atoms with Gasteiger partial charge in [0.05, 0.1) is 6.61 Å². The Hall–Kier alpha value is -0.820. The summed E-state index contributed by atoms with van der Waals surface area (Å²) < 4.78 is 5.17. The van der Waals surface area contributed by atoms with Crippen molar-refractivity contribution in [2.24, 2.45) is 0 Å². The van der Waals surface area contributed by atoms with Crippen molar-refractivity contribution in [1.29, 1.82) is 0 Å². The van der Waals surface area contributed by atoms with E-state index >= 15 is 0 Å². The Kier molecular flexibility index (Phi) is 1.66. The van der Waals surface area contributed by atoms with E-state index in [1.54, 1.807) is 0 Å². The highest BCUT2D eigenvalue weighted by Crippen LogP contribution is 2.29. The number of hydrogen-bond acceptors (Lipinski definition) is 1.